The lowest BCUT2D eigenvalue weighted by Gasteiger charge is -2.23. The number of H-pyrrole nitrogens is 1. The molecule has 1 N–H and O–H groups in total. The number of hydrogen-bond acceptors (Lipinski definition) is 1. The zero-order valence-corrected chi connectivity index (χ0v) is 13.9. The van der Waals surface area contributed by atoms with Gasteiger partial charge in [0.1, 0.15) is 12.4 Å². The largest absolute Gasteiger partial charge is 0.487 e. The molecule has 0 unspecified atom stereocenters. The topological polar surface area (TPSA) is 25.0 Å². The van der Waals surface area contributed by atoms with Gasteiger partial charge in [-0.3, -0.25) is 0 Å². The standard InChI is InChI=1S/C21H23NO/c1-21(2)12-11-16-17-9-6-10-19(20(17)22-18(16)13-21)23-14-15-7-4-3-5-8-15/h3-8,10,13,22H,9,11-12,14H2,1-2H3. The van der Waals surface area contributed by atoms with Crippen LogP contribution in [0.3, 0.4) is 0 Å². The third-order valence-corrected chi connectivity index (χ3v) is 4.88. The molecule has 4 rings (SSSR count). The molecule has 2 aromatic rings. The molecule has 0 fully saturated rings. The summed E-state index contributed by atoms with van der Waals surface area (Å²) in [4.78, 5) is 3.63. The molecule has 2 nitrogen and oxygen atoms in total. The van der Waals surface area contributed by atoms with Gasteiger partial charge in [-0.05, 0) is 47.4 Å². The first kappa shape index (κ1) is 14.4. The van der Waals surface area contributed by atoms with Gasteiger partial charge in [0, 0.05) is 5.35 Å². The Labute approximate surface area is 137 Å². The van der Waals surface area contributed by atoms with Crippen molar-refractivity contribution in [3.05, 3.63) is 69.9 Å². The van der Waals surface area contributed by atoms with Crippen LogP contribution in [0, 0.1) is 5.41 Å². The summed E-state index contributed by atoms with van der Waals surface area (Å²) in [5.74, 6) is 0.968. The lowest BCUT2D eigenvalue weighted by atomic mass is 9.81. The molecule has 0 bridgehead atoms. The molecule has 0 amide bonds. The van der Waals surface area contributed by atoms with E-state index in [2.05, 4.69) is 61.3 Å². The molecule has 23 heavy (non-hydrogen) atoms. The van der Waals surface area contributed by atoms with Gasteiger partial charge < -0.3 is 9.72 Å². The summed E-state index contributed by atoms with van der Waals surface area (Å²) in [6, 6.07) is 10.3. The van der Waals surface area contributed by atoms with Gasteiger partial charge >= 0.3 is 0 Å². The lowest BCUT2D eigenvalue weighted by molar-refractivity contribution is 0.263. The predicted molar refractivity (Wildman–Crippen MR) is 94.1 cm³/mol. The number of hydrogen-bond donors (Lipinski definition) is 1. The second-order valence-electron chi connectivity index (χ2n) is 7.25. The Balaban J connectivity index is 1.73. The first-order chi connectivity index (χ1) is 11.1. The lowest BCUT2D eigenvalue weighted by Crippen LogP contribution is -2.24. The maximum Gasteiger partial charge on any atom is 0.143 e. The van der Waals surface area contributed by atoms with E-state index in [1.54, 1.807) is 0 Å². The van der Waals surface area contributed by atoms with Crippen LogP contribution in [0.25, 0.3) is 11.8 Å². The van der Waals surface area contributed by atoms with Crippen molar-refractivity contribution in [3.63, 3.8) is 0 Å². The molecule has 0 saturated heterocycles. The van der Waals surface area contributed by atoms with Gasteiger partial charge in [-0.2, -0.15) is 0 Å². The number of rotatable bonds is 3. The van der Waals surface area contributed by atoms with Crippen molar-refractivity contribution >= 4 is 11.8 Å². The first-order valence-electron chi connectivity index (χ1n) is 8.43. The first-order valence-corrected chi connectivity index (χ1v) is 8.43. The minimum absolute atomic E-state index is 0.277. The molecule has 118 valence electrons. The Morgan fingerprint density at radius 3 is 2.78 bits per heavy atom. The fourth-order valence-corrected chi connectivity index (χ4v) is 3.58. The van der Waals surface area contributed by atoms with Crippen LogP contribution in [-0.2, 0) is 24.2 Å². The van der Waals surface area contributed by atoms with Crippen molar-refractivity contribution in [2.75, 3.05) is 0 Å². The molecule has 2 heteroatoms. The van der Waals surface area contributed by atoms with Gasteiger partial charge in [-0.25, -0.2) is 0 Å². The summed E-state index contributed by atoms with van der Waals surface area (Å²) < 4.78 is 6.11. The molecule has 0 radical (unpaired) electrons. The Kier molecular flexibility index (Phi) is 3.41. The van der Waals surface area contributed by atoms with Crippen molar-refractivity contribution in [1.82, 2.24) is 4.98 Å². The van der Waals surface area contributed by atoms with Gasteiger partial charge in [0.05, 0.1) is 5.35 Å². The number of benzene rings is 1. The van der Waals surface area contributed by atoms with Gasteiger partial charge in [0.2, 0.25) is 0 Å². The third kappa shape index (κ3) is 2.74. The van der Waals surface area contributed by atoms with E-state index in [1.165, 1.54) is 33.8 Å². The number of aromatic nitrogens is 1. The van der Waals surface area contributed by atoms with E-state index in [-0.39, 0.29) is 5.41 Å². The summed E-state index contributed by atoms with van der Waals surface area (Å²) in [7, 11) is 0. The van der Waals surface area contributed by atoms with Gasteiger partial charge in [-0.15, -0.1) is 0 Å². The number of fused-ring (bicyclic) bond motifs is 3. The molecule has 2 aliphatic rings. The van der Waals surface area contributed by atoms with Crippen LogP contribution in [0.1, 0.15) is 37.0 Å². The second kappa shape index (κ2) is 5.45. The van der Waals surface area contributed by atoms with E-state index < -0.39 is 0 Å². The number of aromatic amines is 1. The van der Waals surface area contributed by atoms with Crippen LogP contribution < -0.4 is 10.7 Å². The van der Waals surface area contributed by atoms with Crippen molar-refractivity contribution in [1.29, 1.82) is 0 Å². The molecule has 0 atom stereocenters. The third-order valence-electron chi connectivity index (χ3n) is 4.88. The molecule has 1 aromatic carbocycles. The Morgan fingerprint density at radius 2 is 1.96 bits per heavy atom. The minimum atomic E-state index is 0.277. The smallest absolute Gasteiger partial charge is 0.143 e. The summed E-state index contributed by atoms with van der Waals surface area (Å²) >= 11 is 0. The Hall–Kier alpha value is -2.22. The van der Waals surface area contributed by atoms with Crippen LogP contribution in [0.2, 0.25) is 0 Å². The fourth-order valence-electron chi connectivity index (χ4n) is 3.58. The van der Waals surface area contributed by atoms with E-state index in [0.29, 0.717) is 6.61 Å². The van der Waals surface area contributed by atoms with Crippen molar-refractivity contribution in [3.8, 4) is 0 Å². The zero-order chi connectivity index (χ0) is 15.9. The Morgan fingerprint density at radius 1 is 1.13 bits per heavy atom. The Bertz CT molecular complexity index is 869. The fraction of sp³-hybridized carbons (Fsp3) is 0.333. The van der Waals surface area contributed by atoms with Crippen LogP contribution in [0.5, 0.6) is 0 Å². The van der Waals surface area contributed by atoms with E-state index >= 15 is 0 Å². The van der Waals surface area contributed by atoms with Gasteiger partial charge in [-0.1, -0.05) is 56.3 Å². The second-order valence-corrected chi connectivity index (χ2v) is 7.25. The normalized spacial score (nSPS) is 18.1. The minimum Gasteiger partial charge on any atom is -0.487 e. The number of allylic oxidation sites excluding steroid dienone is 1. The SMILES string of the molecule is CC1(C)C=c2[nH]c3c(c2CC1)CC=CC=3OCc1ccccc1. The molecule has 0 saturated carbocycles. The van der Waals surface area contributed by atoms with Crippen molar-refractivity contribution < 1.29 is 4.74 Å². The highest BCUT2D eigenvalue weighted by atomic mass is 16.5. The summed E-state index contributed by atoms with van der Waals surface area (Å²) in [6.45, 7) is 5.23. The molecular formula is C21H23NO. The number of ether oxygens (including phenoxy) is 1. The molecule has 2 aliphatic carbocycles. The van der Waals surface area contributed by atoms with E-state index in [9.17, 15) is 0 Å². The van der Waals surface area contributed by atoms with Crippen LogP contribution in [0.4, 0.5) is 0 Å². The van der Waals surface area contributed by atoms with Crippen LogP contribution >= 0.6 is 0 Å². The number of nitrogens with one attached hydrogen (secondary N) is 1. The highest BCUT2D eigenvalue weighted by Gasteiger charge is 2.24. The van der Waals surface area contributed by atoms with Gasteiger partial charge in [0.15, 0.2) is 0 Å². The van der Waals surface area contributed by atoms with Crippen molar-refractivity contribution in [2.45, 2.75) is 39.7 Å². The average Bonchev–Trinajstić information content (AvgIpc) is 2.90. The molecule has 0 spiro atoms. The molecule has 1 heterocycles. The van der Waals surface area contributed by atoms with E-state index in [4.69, 9.17) is 4.74 Å². The zero-order valence-electron chi connectivity index (χ0n) is 13.9. The average molecular weight is 305 g/mol. The van der Waals surface area contributed by atoms with E-state index in [0.717, 1.165) is 18.6 Å². The van der Waals surface area contributed by atoms with Crippen molar-refractivity contribution in [2.24, 2.45) is 5.41 Å². The van der Waals surface area contributed by atoms with Crippen LogP contribution in [-0.4, -0.2) is 4.98 Å². The summed E-state index contributed by atoms with van der Waals surface area (Å²) in [6.07, 6.45) is 10.1. The summed E-state index contributed by atoms with van der Waals surface area (Å²) in [5.41, 5.74) is 4.39. The van der Waals surface area contributed by atoms with Gasteiger partial charge in [0.25, 0.3) is 0 Å². The summed E-state index contributed by atoms with van der Waals surface area (Å²) in [5, 5.41) is 2.48. The molecule has 1 aromatic heterocycles. The van der Waals surface area contributed by atoms with E-state index in [1.807, 2.05) is 6.07 Å². The maximum atomic E-state index is 6.11. The molecule has 0 aliphatic heterocycles. The highest BCUT2D eigenvalue weighted by molar-refractivity contribution is 5.56. The van der Waals surface area contributed by atoms with Crippen LogP contribution in [0.15, 0.2) is 42.5 Å². The monoisotopic (exact) mass is 305 g/mol. The highest BCUT2D eigenvalue weighted by Crippen LogP contribution is 2.28. The predicted octanol–water partition coefficient (Wildman–Crippen LogP) is 3.20. The molecular weight excluding hydrogens is 282 g/mol. The quantitative estimate of drug-likeness (QED) is 0.925. The maximum absolute atomic E-state index is 6.11.